The number of carbonyl (C=O) groups is 2. The van der Waals surface area contributed by atoms with E-state index >= 15 is 0 Å². The van der Waals surface area contributed by atoms with Crippen molar-refractivity contribution < 1.29 is 14.3 Å². The van der Waals surface area contributed by atoms with Gasteiger partial charge in [-0.1, -0.05) is 45.0 Å². The van der Waals surface area contributed by atoms with E-state index in [1.54, 1.807) is 6.92 Å². The fourth-order valence-corrected chi connectivity index (χ4v) is 2.54. The van der Waals surface area contributed by atoms with Crippen LogP contribution in [0.2, 0.25) is 0 Å². The number of methoxy groups -OCH3 is 1. The Kier molecular flexibility index (Phi) is 6.28. The van der Waals surface area contributed by atoms with E-state index in [1.165, 1.54) is 18.9 Å². The van der Waals surface area contributed by atoms with Crippen molar-refractivity contribution in [2.24, 2.45) is 5.73 Å². The van der Waals surface area contributed by atoms with E-state index in [0.29, 0.717) is 11.5 Å². The van der Waals surface area contributed by atoms with Crippen LogP contribution in [0.4, 0.5) is 0 Å². The van der Waals surface area contributed by atoms with E-state index in [1.807, 2.05) is 12.1 Å². The summed E-state index contributed by atoms with van der Waals surface area (Å²) in [5, 5.41) is 2.54. The summed E-state index contributed by atoms with van der Waals surface area (Å²) in [6, 6.07) is 7.13. The molecule has 0 fully saturated rings. The highest BCUT2D eigenvalue weighted by molar-refractivity contribution is 5.97. The molecule has 0 aliphatic heterocycles. The molecule has 0 bridgehead atoms. The van der Waals surface area contributed by atoms with Crippen LogP contribution in [-0.4, -0.2) is 41.5 Å². The van der Waals surface area contributed by atoms with Gasteiger partial charge in [0.05, 0.1) is 18.4 Å². The second-order valence-electron chi connectivity index (χ2n) is 7.30. The van der Waals surface area contributed by atoms with Crippen LogP contribution >= 0.6 is 0 Å². The largest absolute Gasteiger partial charge is 0.467 e. The van der Waals surface area contributed by atoms with Gasteiger partial charge in [-0.05, 0) is 17.9 Å². The van der Waals surface area contributed by atoms with Crippen LogP contribution in [0.25, 0.3) is 11.4 Å². The molecule has 1 atom stereocenters. The molecule has 1 heterocycles. The lowest BCUT2D eigenvalue weighted by Gasteiger charge is -2.19. The molecule has 0 saturated heterocycles. The molecule has 0 saturated carbocycles. The van der Waals surface area contributed by atoms with Crippen molar-refractivity contribution in [3.05, 3.63) is 47.3 Å². The van der Waals surface area contributed by atoms with Gasteiger partial charge in [0.2, 0.25) is 0 Å². The third-order valence-electron chi connectivity index (χ3n) is 4.26. The van der Waals surface area contributed by atoms with Gasteiger partial charge in [0.1, 0.15) is 6.04 Å². The average Bonchev–Trinajstić information content (AvgIpc) is 2.64. The predicted octanol–water partition coefficient (Wildman–Crippen LogP) is 1.98. The highest BCUT2D eigenvalue weighted by Crippen LogP contribution is 2.25. The summed E-state index contributed by atoms with van der Waals surface area (Å²) in [4.78, 5) is 32.7. The molecule has 1 amide bonds. The normalized spacial score (nSPS) is 12.4. The number of aromatic nitrogens is 2. The van der Waals surface area contributed by atoms with Crippen molar-refractivity contribution in [3.63, 3.8) is 0 Å². The number of aryl methyl sites for hydroxylation is 1. The Morgan fingerprint density at radius 2 is 1.85 bits per heavy atom. The van der Waals surface area contributed by atoms with Gasteiger partial charge < -0.3 is 15.8 Å². The maximum absolute atomic E-state index is 12.4. The molecule has 144 valence electrons. The molecular formula is C20H26N4O3. The molecule has 2 rings (SSSR count). The molecule has 7 heteroatoms. The van der Waals surface area contributed by atoms with Crippen molar-refractivity contribution >= 4 is 11.9 Å². The Balaban J connectivity index is 2.22. The first-order valence-corrected chi connectivity index (χ1v) is 8.70. The molecule has 1 unspecified atom stereocenters. The van der Waals surface area contributed by atoms with Crippen molar-refractivity contribution in [1.82, 2.24) is 15.3 Å². The topological polar surface area (TPSA) is 107 Å². The molecule has 0 spiro atoms. The van der Waals surface area contributed by atoms with Gasteiger partial charge in [0.15, 0.2) is 5.82 Å². The second-order valence-corrected chi connectivity index (χ2v) is 7.30. The van der Waals surface area contributed by atoms with Gasteiger partial charge in [0, 0.05) is 18.3 Å². The summed E-state index contributed by atoms with van der Waals surface area (Å²) < 4.78 is 4.62. The fraction of sp³-hybridized carbons (Fsp3) is 0.400. The van der Waals surface area contributed by atoms with E-state index in [2.05, 4.69) is 52.9 Å². The number of ether oxygens (including phenoxy) is 1. The van der Waals surface area contributed by atoms with Crippen LogP contribution in [0.15, 0.2) is 30.5 Å². The van der Waals surface area contributed by atoms with Gasteiger partial charge in [-0.2, -0.15) is 0 Å². The number of hydrogen-bond acceptors (Lipinski definition) is 6. The standard InChI is InChI=1S/C20H26N4O3/c1-12-15(18(25)24-16(10-21)19(26)27-5)11-22-17(23-12)13-6-8-14(9-7-13)20(2,3)4/h6-9,11,16H,10,21H2,1-5H3,(H,24,25). The number of rotatable bonds is 5. The molecular weight excluding hydrogens is 344 g/mol. The Bertz CT molecular complexity index is 826. The summed E-state index contributed by atoms with van der Waals surface area (Å²) in [5.74, 6) is -0.532. The molecule has 0 aliphatic rings. The number of benzene rings is 1. The molecule has 2 aromatic rings. The zero-order chi connectivity index (χ0) is 20.2. The van der Waals surface area contributed by atoms with E-state index < -0.39 is 17.9 Å². The third kappa shape index (κ3) is 4.89. The maximum atomic E-state index is 12.4. The Morgan fingerprint density at radius 3 is 2.33 bits per heavy atom. The van der Waals surface area contributed by atoms with Crippen molar-refractivity contribution in [2.75, 3.05) is 13.7 Å². The average molecular weight is 370 g/mol. The Morgan fingerprint density at radius 1 is 1.22 bits per heavy atom. The van der Waals surface area contributed by atoms with Crippen LogP contribution < -0.4 is 11.1 Å². The first-order chi connectivity index (χ1) is 12.7. The third-order valence-corrected chi connectivity index (χ3v) is 4.26. The number of nitrogens with two attached hydrogens (primary N) is 1. The van der Waals surface area contributed by atoms with Crippen molar-refractivity contribution in [1.29, 1.82) is 0 Å². The highest BCUT2D eigenvalue weighted by atomic mass is 16.5. The Hall–Kier alpha value is -2.80. The lowest BCUT2D eigenvalue weighted by atomic mass is 9.87. The van der Waals surface area contributed by atoms with Gasteiger partial charge in [-0.3, -0.25) is 4.79 Å². The molecule has 0 radical (unpaired) electrons. The van der Waals surface area contributed by atoms with Crippen LogP contribution in [0.5, 0.6) is 0 Å². The van der Waals surface area contributed by atoms with Gasteiger partial charge in [-0.25, -0.2) is 14.8 Å². The number of nitrogens with zero attached hydrogens (tertiary/aromatic N) is 2. The lowest BCUT2D eigenvalue weighted by molar-refractivity contribution is -0.142. The second kappa shape index (κ2) is 8.26. The number of esters is 1. The molecule has 27 heavy (non-hydrogen) atoms. The number of nitrogens with one attached hydrogen (secondary N) is 1. The molecule has 1 aromatic heterocycles. The SMILES string of the molecule is COC(=O)C(CN)NC(=O)c1cnc(-c2ccc(C(C)(C)C)cc2)nc1C. The fourth-order valence-electron chi connectivity index (χ4n) is 2.54. The number of carbonyl (C=O) groups excluding carboxylic acids is 2. The zero-order valence-corrected chi connectivity index (χ0v) is 16.4. The highest BCUT2D eigenvalue weighted by Gasteiger charge is 2.22. The quantitative estimate of drug-likeness (QED) is 0.779. The lowest BCUT2D eigenvalue weighted by Crippen LogP contribution is -2.46. The summed E-state index contributed by atoms with van der Waals surface area (Å²) in [6.45, 7) is 8.12. The minimum Gasteiger partial charge on any atom is -0.467 e. The minimum atomic E-state index is -0.911. The Labute approximate surface area is 159 Å². The molecule has 1 aromatic carbocycles. The molecule has 7 nitrogen and oxygen atoms in total. The van der Waals surface area contributed by atoms with Crippen LogP contribution in [-0.2, 0) is 14.9 Å². The smallest absolute Gasteiger partial charge is 0.329 e. The van der Waals surface area contributed by atoms with E-state index in [4.69, 9.17) is 5.73 Å². The van der Waals surface area contributed by atoms with Gasteiger partial charge in [-0.15, -0.1) is 0 Å². The van der Waals surface area contributed by atoms with Crippen LogP contribution in [0.1, 0.15) is 42.4 Å². The summed E-state index contributed by atoms with van der Waals surface area (Å²) in [7, 11) is 1.24. The molecule has 0 aliphatic carbocycles. The van der Waals surface area contributed by atoms with Gasteiger partial charge >= 0.3 is 5.97 Å². The summed E-state index contributed by atoms with van der Waals surface area (Å²) in [6.07, 6.45) is 1.45. The predicted molar refractivity (Wildman–Crippen MR) is 103 cm³/mol. The van der Waals surface area contributed by atoms with E-state index in [0.717, 1.165) is 5.56 Å². The summed E-state index contributed by atoms with van der Waals surface area (Å²) in [5.41, 5.74) is 8.46. The first kappa shape index (κ1) is 20.5. The van der Waals surface area contributed by atoms with Crippen LogP contribution in [0, 0.1) is 6.92 Å². The minimum absolute atomic E-state index is 0.0590. The number of amides is 1. The maximum Gasteiger partial charge on any atom is 0.329 e. The van der Waals surface area contributed by atoms with E-state index in [9.17, 15) is 9.59 Å². The zero-order valence-electron chi connectivity index (χ0n) is 16.4. The molecule has 3 N–H and O–H groups in total. The monoisotopic (exact) mass is 370 g/mol. The van der Waals surface area contributed by atoms with E-state index in [-0.39, 0.29) is 17.5 Å². The number of hydrogen-bond donors (Lipinski definition) is 2. The van der Waals surface area contributed by atoms with Gasteiger partial charge in [0.25, 0.3) is 5.91 Å². The van der Waals surface area contributed by atoms with Crippen LogP contribution in [0.3, 0.4) is 0 Å². The van der Waals surface area contributed by atoms with Crippen molar-refractivity contribution in [3.8, 4) is 11.4 Å². The van der Waals surface area contributed by atoms with Crippen molar-refractivity contribution in [2.45, 2.75) is 39.2 Å². The summed E-state index contributed by atoms with van der Waals surface area (Å²) >= 11 is 0. The first-order valence-electron chi connectivity index (χ1n) is 8.70.